The standard InChI is InChI=1S/C14H17F2NO2/c15-11-2-5-13(16)10(9-11)1-6-14(19)17(7-8-18)12-3-4-12/h2,5,9,12,18H,1,3-4,6-8H2. The number of halogens is 2. The van der Waals surface area contributed by atoms with Crippen LogP contribution in [0.4, 0.5) is 8.78 Å². The normalized spacial score (nSPS) is 14.5. The minimum absolute atomic E-state index is 0.0729. The summed E-state index contributed by atoms with van der Waals surface area (Å²) in [5.41, 5.74) is 0.216. The van der Waals surface area contributed by atoms with Gasteiger partial charge in [-0.3, -0.25) is 4.79 Å². The summed E-state index contributed by atoms with van der Waals surface area (Å²) < 4.78 is 26.4. The van der Waals surface area contributed by atoms with E-state index in [1.165, 1.54) is 0 Å². The summed E-state index contributed by atoms with van der Waals surface area (Å²) in [7, 11) is 0. The van der Waals surface area contributed by atoms with Crippen LogP contribution in [-0.2, 0) is 11.2 Å². The van der Waals surface area contributed by atoms with Crippen molar-refractivity contribution in [3.63, 3.8) is 0 Å². The fourth-order valence-electron chi connectivity index (χ4n) is 2.12. The fourth-order valence-corrected chi connectivity index (χ4v) is 2.12. The second kappa shape index (κ2) is 6.10. The van der Waals surface area contributed by atoms with Gasteiger partial charge in [-0.15, -0.1) is 0 Å². The Morgan fingerprint density at radius 3 is 2.74 bits per heavy atom. The van der Waals surface area contributed by atoms with Crippen molar-refractivity contribution in [2.24, 2.45) is 0 Å². The van der Waals surface area contributed by atoms with Crippen LogP contribution in [0, 0.1) is 11.6 Å². The average Bonchev–Trinajstić information content (AvgIpc) is 3.21. The van der Waals surface area contributed by atoms with Crippen molar-refractivity contribution in [3.05, 3.63) is 35.4 Å². The number of carbonyl (C=O) groups is 1. The van der Waals surface area contributed by atoms with E-state index in [1.807, 2.05) is 0 Å². The van der Waals surface area contributed by atoms with E-state index in [2.05, 4.69) is 0 Å². The summed E-state index contributed by atoms with van der Waals surface area (Å²) >= 11 is 0. The van der Waals surface area contributed by atoms with E-state index in [4.69, 9.17) is 5.11 Å². The Morgan fingerprint density at radius 2 is 2.11 bits per heavy atom. The van der Waals surface area contributed by atoms with Gasteiger partial charge in [-0.2, -0.15) is 0 Å². The van der Waals surface area contributed by atoms with Gasteiger partial charge in [0.05, 0.1) is 6.61 Å². The molecule has 19 heavy (non-hydrogen) atoms. The van der Waals surface area contributed by atoms with Gasteiger partial charge in [0.15, 0.2) is 0 Å². The zero-order valence-electron chi connectivity index (χ0n) is 10.6. The Morgan fingerprint density at radius 1 is 1.37 bits per heavy atom. The monoisotopic (exact) mass is 269 g/mol. The number of carbonyl (C=O) groups excluding carboxylic acids is 1. The average molecular weight is 269 g/mol. The molecule has 0 heterocycles. The van der Waals surface area contributed by atoms with Crippen LogP contribution >= 0.6 is 0 Å². The van der Waals surface area contributed by atoms with Crippen molar-refractivity contribution in [2.75, 3.05) is 13.2 Å². The highest BCUT2D eigenvalue weighted by molar-refractivity contribution is 5.77. The topological polar surface area (TPSA) is 40.5 Å². The van der Waals surface area contributed by atoms with E-state index in [1.54, 1.807) is 4.90 Å². The number of hydrogen-bond acceptors (Lipinski definition) is 2. The number of aryl methyl sites for hydroxylation is 1. The van der Waals surface area contributed by atoms with Gasteiger partial charge in [0, 0.05) is 19.0 Å². The first-order valence-electron chi connectivity index (χ1n) is 6.46. The van der Waals surface area contributed by atoms with Crippen molar-refractivity contribution in [2.45, 2.75) is 31.7 Å². The van der Waals surface area contributed by atoms with Gasteiger partial charge >= 0.3 is 0 Å². The van der Waals surface area contributed by atoms with Crippen LogP contribution in [0.1, 0.15) is 24.8 Å². The van der Waals surface area contributed by atoms with Crippen LogP contribution in [-0.4, -0.2) is 35.1 Å². The van der Waals surface area contributed by atoms with Crippen molar-refractivity contribution < 1.29 is 18.7 Å². The maximum absolute atomic E-state index is 13.4. The Bertz CT molecular complexity index is 461. The highest BCUT2D eigenvalue weighted by atomic mass is 19.1. The fraction of sp³-hybridized carbons (Fsp3) is 0.500. The third-order valence-electron chi connectivity index (χ3n) is 3.26. The molecule has 1 aliphatic rings. The number of aliphatic hydroxyl groups is 1. The Balaban J connectivity index is 1.93. The molecule has 1 amide bonds. The molecule has 0 aliphatic heterocycles. The minimum Gasteiger partial charge on any atom is -0.395 e. The summed E-state index contributed by atoms with van der Waals surface area (Å²) in [6.07, 6.45) is 2.23. The van der Waals surface area contributed by atoms with Gasteiger partial charge < -0.3 is 10.0 Å². The molecule has 0 aromatic heterocycles. The molecule has 1 saturated carbocycles. The summed E-state index contributed by atoms with van der Waals surface area (Å²) in [4.78, 5) is 13.6. The molecule has 1 N–H and O–H groups in total. The van der Waals surface area contributed by atoms with Crippen molar-refractivity contribution in [3.8, 4) is 0 Å². The number of aliphatic hydroxyl groups excluding tert-OH is 1. The van der Waals surface area contributed by atoms with Crippen LogP contribution in [0.2, 0.25) is 0 Å². The van der Waals surface area contributed by atoms with Crippen molar-refractivity contribution in [1.82, 2.24) is 4.90 Å². The van der Waals surface area contributed by atoms with E-state index in [-0.39, 0.29) is 37.0 Å². The third-order valence-corrected chi connectivity index (χ3v) is 3.26. The second-order valence-corrected chi connectivity index (χ2v) is 4.78. The summed E-state index contributed by atoms with van der Waals surface area (Å²) in [6, 6.07) is 3.47. The van der Waals surface area contributed by atoms with E-state index in [0.29, 0.717) is 6.54 Å². The molecule has 1 aliphatic carbocycles. The van der Waals surface area contributed by atoms with Crippen LogP contribution in [0.3, 0.4) is 0 Å². The molecule has 0 spiro atoms. The van der Waals surface area contributed by atoms with Gasteiger partial charge in [0.25, 0.3) is 0 Å². The lowest BCUT2D eigenvalue weighted by Crippen LogP contribution is -2.35. The lowest BCUT2D eigenvalue weighted by molar-refractivity contribution is -0.132. The molecule has 0 bridgehead atoms. The number of amides is 1. The molecular weight excluding hydrogens is 252 g/mol. The van der Waals surface area contributed by atoms with E-state index in [9.17, 15) is 13.6 Å². The van der Waals surface area contributed by atoms with Crippen LogP contribution in [0.5, 0.6) is 0 Å². The highest BCUT2D eigenvalue weighted by Gasteiger charge is 2.31. The Labute approximate surface area is 110 Å². The van der Waals surface area contributed by atoms with Gasteiger partial charge in [-0.05, 0) is 43.0 Å². The predicted octanol–water partition coefficient (Wildman–Crippen LogP) is 1.88. The molecule has 0 radical (unpaired) electrons. The molecule has 5 heteroatoms. The zero-order valence-corrected chi connectivity index (χ0v) is 10.6. The number of benzene rings is 1. The molecule has 2 rings (SSSR count). The van der Waals surface area contributed by atoms with Gasteiger partial charge in [0.2, 0.25) is 5.91 Å². The zero-order chi connectivity index (χ0) is 13.8. The molecule has 1 fully saturated rings. The smallest absolute Gasteiger partial charge is 0.223 e. The first-order chi connectivity index (χ1) is 9.11. The SMILES string of the molecule is O=C(CCc1cc(F)ccc1F)N(CCO)C1CC1. The first kappa shape index (κ1) is 13.9. The van der Waals surface area contributed by atoms with Crippen molar-refractivity contribution in [1.29, 1.82) is 0 Å². The number of hydrogen-bond donors (Lipinski definition) is 1. The van der Waals surface area contributed by atoms with Crippen LogP contribution in [0.15, 0.2) is 18.2 Å². The van der Waals surface area contributed by atoms with Gasteiger partial charge in [0.1, 0.15) is 11.6 Å². The van der Waals surface area contributed by atoms with E-state index >= 15 is 0 Å². The largest absolute Gasteiger partial charge is 0.395 e. The predicted molar refractivity (Wildman–Crippen MR) is 66.5 cm³/mol. The maximum Gasteiger partial charge on any atom is 0.223 e. The van der Waals surface area contributed by atoms with Crippen molar-refractivity contribution >= 4 is 5.91 Å². The van der Waals surface area contributed by atoms with Crippen LogP contribution < -0.4 is 0 Å². The van der Waals surface area contributed by atoms with Gasteiger partial charge in [-0.1, -0.05) is 0 Å². The molecule has 1 aromatic rings. The maximum atomic E-state index is 13.4. The second-order valence-electron chi connectivity index (χ2n) is 4.78. The molecule has 104 valence electrons. The molecule has 0 unspecified atom stereocenters. The molecule has 1 aromatic carbocycles. The highest BCUT2D eigenvalue weighted by Crippen LogP contribution is 2.27. The molecule has 3 nitrogen and oxygen atoms in total. The third kappa shape index (κ3) is 3.73. The first-order valence-corrected chi connectivity index (χ1v) is 6.46. The molecule has 0 saturated heterocycles. The quantitative estimate of drug-likeness (QED) is 0.856. The summed E-state index contributed by atoms with van der Waals surface area (Å²) in [6.45, 7) is 0.242. The number of rotatable bonds is 6. The lowest BCUT2D eigenvalue weighted by atomic mass is 10.1. The molecular formula is C14H17F2NO2. The lowest BCUT2D eigenvalue weighted by Gasteiger charge is -2.21. The van der Waals surface area contributed by atoms with E-state index < -0.39 is 11.6 Å². The van der Waals surface area contributed by atoms with Crippen LogP contribution in [0.25, 0.3) is 0 Å². The Kier molecular flexibility index (Phi) is 4.47. The summed E-state index contributed by atoms with van der Waals surface area (Å²) in [5, 5.41) is 8.92. The van der Waals surface area contributed by atoms with Gasteiger partial charge in [-0.25, -0.2) is 8.78 Å². The molecule has 0 atom stereocenters. The Hall–Kier alpha value is -1.49. The summed E-state index contributed by atoms with van der Waals surface area (Å²) in [5.74, 6) is -1.10. The number of nitrogens with zero attached hydrogens (tertiary/aromatic N) is 1. The minimum atomic E-state index is -0.502. The van der Waals surface area contributed by atoms with E-state index in [0.717, 1.165) is 31.0 Å².